The fourth-order valence-electron chi connectivity index (χ4n) is 1.99. The summed E-state index contributed by atoms with van der Waals surface area (Å²) in [6.07, 6.45) is 4.22. The predicted molar refractivity (Wildman–Crippen MR) is 67.5 cm³/mol. The minimum atomic E-state index is -2.90. The van der Waals surface area contributed by atoms with Crippen LogP contribution in [0.2, 0.25) is 0 Å². The molecule has 5 nitrogen and oxygen atoms in total. The minimum Gasteiger partial charge on any atom is -0.352 e. The summed E-state index contributed by atoms with van der Waals surface area (Å²) in [6, 6.07) is 3.68. The summed E-state index contributed by atoms with van der Waals surface area (Å²) in [5.74, 6) is 0.0258. The lowest BCUT2D eigenvalue weighted by molar-refractivity contribution is -0.125. The fourth-order valence-corrected chi connectivity index (χ4v) is 3.48. The van der Waals surface area contributed by atoms with Crippen molar-refractivity contribution in [3.8, 4) is 0 Å². The van der Waals surface area contributed by atoms with Crippen molar-refractivity contribution >= 4 is 15.7 Å². The van der Waals surface area contributed by atoms with E-state index in [1.54, 1.807) is 12.4 Å². The topological polar surface area (TPSA) is 76.1 Å². The first-order valence-corrected chi connectivity index (χ1v) is 7.76. The molecule has 1 aromatic heterocycles. The monoisotopic (exact) mass is 268 g/mol. The molecular weight excluding hydrogens is 252 g/mol. The summed E-state index contributed by atoms with van der Waals surface area (Å²) in [4.78, 5) is 15.8. The number of sulfone groups is 1. The highest BCUT2D eigenvalue weighted by molar-refractivity contribution is 7.91. The lowest BCUT2D eigenvalue weighted by atomic mass is 10.0. The highest BCUT2D eigenvalue weighted by Crippen LogP contribution is 2.18. The first kappa shape index (κ1) is 13.0. The van der Waals surface area contributed by atoms with E-state index < -0.39 is 9.84 Å². The SMILES string of the molecule is O=C(NCc1ccncc1)C1CCS(=O)(=O)CC1. The maximum atomic E-state index is 11.9. The predicted octanol–water partition coefficient (Wildman–Crippen LogP) is 0.523. The molecule has 1 amide bonds. The van der Waals surface area contributed by atoms with E-state index >= 15 is 0 Å². The van der Waals surface area contributed by atoms with Crippen LogP contribution >= 0.6 is 0 Å². The Morgan fingerprint density at radius 1 is 1.28 bits per heavy atom. The Balaban J connectivity index is 1.83. The molecule has 1 aromatic rings. The molecule has 0 atom stereocenters. The number of pyridine rings is 1. The van der Waals surface area contributed by atoms with Gasteiger partial charge in [-0.2, -0.15) is 0 Å². The van der Waals surface area contributed by atoms with E-state index in [1.165, 1.54) is 0 Å². The second kappa shape index (κ2) is 5.48. The van der Waals surface area contributed by atoms with Crippen molar-refractivity contribution in [2.24, 2.45) is 5.92 Å². The third-order valence-corrected chi connectivity index (χ3v) is 4.86. The van der Waals surface area contributed by atoms with Gasteiger partial charge in [0.1, 0.15) is 9.84 Å². The van der Waals surface area contributed by atoms with Crippen LogP contribution in [0.15, 0.2) is 24.5 Å². The molecule has 18 heavy (non-hydrogen) atoms. The third kappa shape index (κ3) is 3.53. The summed E-state index contributed by atoms with van der Waals surface area (Å²) in [7, 11) is -2.90. The molecule has 0 aliphatic carbocycles. The van der Waals surface area contributed by atoms with Gasteiger partial charge in [0.2, 0.25) is 5.91 Å². The average Bonchev–Trinajstić information content (AvgIpc) is 2.37. The zero-order valence-corrected chi connectivity index (χ0v) is 10.8. The highest BCUT2D eigenvalue weighted by Gasteiger charge is 2.28. The van der Waals surface area contributed by atoms with Gasteiger partial charge in [-0.15, -0.1) is 0 Å². The average molecular weight is 268 g/mol. The molecule has 0 spiro atoms. The molecule has 1 aliphatic rings. The molecule has 2 rings (SSSR count). The van der Waals surface area contributed by atoms with E-state index in [0.29, 0.717) is 19.4 Å². The summed E-state index contributed by atoms with van der Waals surface area (Å²) >= 11 is 0. The molecular formula is C12H16N2O3S. The molecule has 0 unspecified atom stereocenters. The second-order valence-electron chi connectivity index (χ2n) is 4.50. The van der Waals surface area contributed by atoms with Gasteiger partial charge in [0.25, 0.3) is 0 Å². The van der Waals surface area contributed by atoms with Crippen LogP contribution in [0.4, 0.5) is 0 Å². The van der Waals surface area contributed by atoms with Crippen LogP contribution < -0.4 is 5.32 Å². The molecule has 0 aromatic carbocycles. The Morgan fingerprint density at radius 2 is 1.89 bits per heavy atom. The maximum absolute atomic E-state index is 11.9. The van der Waals surface area contributed by atoms with Gasteiger partial charge < -0.3 is 5.32 Å². The number of aromatic nitrogens is 1. The van der Waals surface area contributed by atoms with Crippen molar-refractivity contribution in [2.45, 2.75) is 19.4 Å². The van der Waals surface area contributed by atoms with Crippen LogP contribution in [0.5, 0.6) is 0 Å². The quantitative estimate of drug-likeness (QED) is 0.867. The Kier molecular flexibility index (Phi) is 3.96. The summed E-state index contributed by atoms with van der Waals surface area (Å²) in [5, 5.41) is 2.83. The van der Waals surface area contributed by atoms with Gasteiger partial charge >= 0.3 is 0 Å². The van der Waals surface area contributed by atoms with E-state index in [4.69, 9.17) is 0 Å². The van der Waals surface area contributed by atoms with Crippen LogP contribution in [0.3, 0.4) is 0 Å². The lowest BCUT2D eigenvalue weighted by Gasteiger charge is -2.21. The smallest absolute Gasteiger partial charge is 0.223 e. The van der Waals surface area contributed by atoms with Gasteiger partial charge in [0.15, 0.2) is 0 Å². The normalized spacial score (nSPS) is 19.3. The zero-order chi connectivity index (χ0) is 13.0. The number of carbonyl (C=O) groups excluding carboxylic acids is 1. The molecule has 6 heteroatoms. The van der Waals surface area contributed by atoms with Gasteiger partial charge in [0.05, 0.1) is 11.5 Å². The Hall–Kier alpha value is -1.43. The maximum Gasteiger partial charge on any atom is 0.223 e. The van der Waals surface area contributed by atoms with Gasteiger partial charge in [-0.05, 0) is 30.5 Å². The first-order chi connectivity index (χ1) is 8.57. The van der Waals surface area contributed by atoms with Crippen molar-refractivity contribution in [1.82, 2.24) is 10.3 Å². The largest absolute Gasteiger partial charge is 0.352 e. The molecule has 1 N–H and O–H groups in total. The molecule has 1 fully saturated rings. The van der Waals surface area contributed by atoms with Crippen LogP contribution in [0.25, 0.3) is 0 Å². The molecule has 1 saturated heterocycles. The van der Waals surface area contributed by atoms with Crippen molar-refractivity contribution in [2.75, 3.05) is 11.5 Å². The summed E-state index contributed by atoms with van der Waals surface area (Å²) in [5.41, 5.74) is 0.988. The lowest BCUT2D eigenvalue weighted by Crippen LogP contribution is -2.35. The Labute approximate surface area is 107 Å². The molecule has 0 bridgehead atoms. The van der Waals surface area contributed by atoms with Crippen LogP contribution in [0, 0.1) is 5.92 Å². The summed E-state index contributed by atoms with van der Waals surface area (Å²) < 4.78 is 22.5. The molecule has 1 aliphatic heterocycles. The number of amides is 1. The Bertz CT molecular complexity index is 499. The number of rotatable bonds is 3. The van der Waals surface area contributed by atoms with E-state index in [2.05, 4.69) is 10.3 Å². The van der Waals surface area contributed by atoms with E-state index in [1.807, 2.05) is 12.1 Å². The van der Waals surface area contributed by atoms with Crippen molar-refractivity contribution in [1.29, 1.82) is 0 Å². The molecule has 0 saturated carbocycles. The van der Waals surface area contributed by atoms with Crippen molar-refractivity contribution < 1.29 is 13.2 Å². The standard InChI is InChI=1S/C12H16N2O3S/c15-12(11-3-7-18(16,17)8-4-11)14-9-10-1-5-13-6-2-10/h1-2,5-6,11H,3-4,7-9H2,(H,14,15). The highest BCUT2D eigenvalue weighted by atomic mass is 32.2. The van der Waals surface area contributed by atoms with Gasteiger partial charge in [-0.1, -0.05) is 0 Å². The number of nitrogens with one attached hydrogen (secondary N) is 1. The number of nitrogens with zero attached hydrogens (tertiary/aromatic N) is 1. The van der Waals surface area contributed by atoms with Gasteiger partial charge in [-0.3, -0.25) is 9.78 Å². The number of hydrogen-bond acceptors (Lipinski definition) is 4. The number of hydrogen-bond donors (Lipinski definition) is 1. The van der Waals surface area contributed by atoms with Gasteiger partial charge in [-0.25, -0.2) is 8.42 Å². The molecule has 2 heterocycles. The van der Waals surface area contributed by atoms with E-state index in [-0.39, 0.29) is 23.3 Å². The van der Waals surface area contributed by atoms with Crippen LogP contribution in [-0.2, 0) is 21.2 Å². The number of carbonyl (C=O) groups is 1. The van der Waals surface area contributed by atoms with Gasteiger partial charge in [0, 0.05) is 24.9 Å². The van der Waals surface area contributed by atoms with E-state index in [9.17, 15) is 13.2 Å². The van der Waals surface area contributed by atoms with Crippen molar-refractivity contribution in [3.05, 3.63) is 30.1 Å². The van der Waals surface area contributed by atoms with Crippen LogP contribution in [0.1, 0.15) is 18.4 Å². The third-order valence-electron chi connectivity index (χ3n) is 3.14. The Morgan fingerprint density at radius 3 is 2.50 bits per heavy atom. The van der Waals surface area contributed by atoms with Crippen molar-refractivity contribution in [3.63, 3.8) is 0 Å². The first-order valence-electron chi connectivity index (χ1n) is 5.94. The van der Waals surface area contributed by atoms with Crippen LogP contribution in [-0.4, -0.2) is 30.8 Å². The zero-order valence-electron chi connectivity index (χ0n) is 10.0. The molecule has 98 valence electrons. The fraction of sp³-hybridized carbons (Fsp3) is 0.500. The second-order valence-corrected chi connectivity index (χ2v) is 6.80. The molecule has 0 radical (unpaired) electrons. The minimum absolute atomic E-state index is 0.0540. The van der Waals surface area contributed by atoms with E-state index in [0.717, 1.165) is 5.56 Å². The summed E-state index contributed by atoms with van der Waals surface area (Å²) in [6.45, 7) is 0.463.